The number of aryl methyl sites for hydroxylation is 1. The largest absolute Gasteiger partial charge is 0.438 e. The van der Waals surface area contributed by atoms with Crippen molar-refractivity contribution in [1.29, 1.82) is 0 Å². The Labute approximate surface area is 108 Å². The highest BCUT2D eigenvalue weighted by Crippen LogP contribution is 2.23. The predicted octanol–water partition coefficient (Wildman–Crippen LogP) is 1.59. The Morgan fingerprint density at radius 2 is 2.11 bits per heavy atom. The molecule has 1 amide bonds. The Hall–Kier alpha value is -1.36. The van der Waals surface area contributed by atoms with Gasteiger partial charge in [-0.25, -0.2) is 4.98 Å². The summed E-state index contributed by atoms with van der Waals surface area (Å²) in [6, 6.07) is 0.906. The Morgan fingerprint density at radius 1 is 1.44 bits per heavy atom. The molecule has 0 unspecified atom stereocenters. The number of aromatic nitrogens is 1. The van der Waals surface area contributed by atoms with Crippen LogP contribution in [0.2, 0.25) is 0 Å². The number of nitrogens with one attached hydrogen (secondary N) is 1. The van der Waals surface area contributed by atoms with Gasteiger partial charge in [-0.05, 0) is 39.7 Å². The lowest BCUT2D eigenvalue weighted by molar-refractivity contribution is 0.0652. The van der Waals surface area contributed by atoms with E-state index in [4.69, 9.17) is 4.42 Å². The summed E-state index contributed by atoms with van der Waals surface area (Å²) in [6.45, 7) is 1.79. The molecule has 0 atom stereocenters. The summed E-state index contributed by atoms with van der Waals surface area (Å²) in [5.41, 5.74) is 0.663. The van der Waals surface area contributed by atoms with E-state index >= 15 is 0 Å². The number of nitrogens with zero attached hydrogens (tertiary/aromatic N) is 2. The van der Waals surface area contributed by atoms with E-state index in [1.54, 1.807) is 11.8 Å². The zero-order chi connectivity index (χ0) is 13.1. The second-order valence-electron chi connectivity index (χ2n) is 4.98. The summed E-state index contributed by atoms with van der Waals surface area (Å²) in [6.07, 6.45) is 5.65. The Morgan fingerprint density at radius 3 is 2.61 bits per heavy atom. The minimum absolute atomic E-state index is 0.0575. The SMILES string of the molecule is CNC1CCC(N(C)C(=O)c2ocnc2C)CC1. The molecule has 100 valence electrons. The number of carbonyl (C=O) groups excluding carboxylic acids is 1. The Kier molecular flexibility index (Phi) is 4.01. The van der Waals surface area contributed by atoms with Gasteiger partial charge >= 0.3 is 0 Å². The lowest BCUT2D eigenvalue weighted by Crippen LogP contribution is -2.42. The smallest absolute Gasteiger partial charge is 0.291 e. The minimum atomic E-state index is -0.0575. The maximum Gasteiger partial charge on any atom is 0.291 e. The molecule has 1 aliphatic rings. The highest BCUT2D eigenvalue weighted by atomic mass is 16.3. The van der Waals surface area contributed by atoms with Crippen LogP contribution in [-0.2, 0) is 0 Å². The second-order valence-corrected chi connectivity index (χ2v) is 4.98. The summed E-state index contributed by atoms with van der Waals surface area (Å²) in [5, 5.41) is 3.30. The molecule has 0 aromatic carbocycles. The molecule has 5 heteroatoms. The van der Waals surface area contributed by atoms with Crippen molar-refractivity contribution in [2.45, 2.75) is 44.7 Å². The molecule has 0 bridgehead atoms. The van der Waals surface area contributed by atoms with Crippen LogP contribution < -0.4 is 5.32 Å². The van der Waals surface area contributed by atoms with Crippen molar-refractivity contribution in [2.24, 2.45) is 0 Å². The average Bonchev–Trinajstić information content (AvgIpc) is 2.83. The van der Waals surface area contributed by atoms with Gasteiger partial charge in [-0.2, -0.15) is 0 Å². The number of hydrogen-bond acceptors (Lipinski definition) is 4. The zero-order valence-electron chi connectivity index (χ0n) is 11.3. The van der Waals surface area contributed by atoms with Crippen LogP contribution in [0.4, 0.5) is 0 Å². The van der Waals surface area contributed by atoms with Crippen molar-refractivity contribution in [3.05, 3.63) is 17.8 Å². The molecule has 0 saturated heterocycles. The lowest BCUT2D eigenvalue weighted by atomic mass is 9.90. The van der Waals surface area contributed by atoms with Gasteiger partial charge in [0.25, 0.3) is 5.91 Å². The van der Waals surface area contributed by atoms with Gasteiger partial charge in [0.2, 0.25) is 5.76 Å². The van der Waals surface area contributed by atoms with E-state index in [9.17, 15) is 4.79 Å². The normalized spacial score (nSPS) is 23.9. The molecule has 1 fully saturated rings. The van der Waals surface area contributed by atoms with Crippen LogP contribution in [0, 0.1) is 6.92 Å². The Balaban J connectivity index is 1.98. The first-order valence-electron chi connectivity index (χ1n) is 6.48. The zero-order valence-corrected chi connectivity index (χ0v) is 11.3. The van der Waals surface area contributed by atoms with Gasteiger partial charge in [0, 0.05) is 19.1 Å². The summed E-state index contributed by atoms with van der Waals surface area (Å²) < 4.78 is 5.17. The monoisotopic (exact) mass is 251 g/mol. The molecule has 5 nitrogen and oxygen atoms in total. The molecule has 1 saturated carbocycles. The van der Waals surface area contributed by atoms with Crippen LogP contribution in [0.3, 0.4) is 0 Å². The highest BCUT2D eigenvalue weighted by Gasteiger charge is 2.28. The molecule has 1 aromatic rings. The van der Waals surface area contributed by atoms with Crippen LogP contribution in [0.1, 0.15) is 41.9 Å². The molecule has 0 aliphatic heterocycles. The van der Waals surface area contributed by atoms with Crippen LogP contribution in [-0.4, -0.2) is 42.0 Å². The van der Waals surface area contributed by atoms with Crippen molar-refractivity contribution in [1.82, 2.24) is 15.2 Å². The van der Waals surface area contributed by atoms with Gasteiger partial charge in [-0.3, -0.25) is 4.79 Å². The number of amides is 1. The third-order valence-electron chi connectivity index (χ3n) is 3.91. The van der Waals surface area contributed by atoms with Gasteiger partial charge < -0.3 is 14.6 Å². The third kappa shape index (κ3) is 2.56. The predicted molar refractivity (Wildman–Crippen MR) is 68.4 cm³/mol. The molecular formula is C13H21N3O2. The molecule has 1 aliphatic carbocycles. The topological polar surface area (TPSA) is 58.4 Å². The minimum Gasteiger partial charge on any atom is -0.438 e. The highest BCUT2D eigenvalue weighted by molar-refractivity contribution is 5.92. The summed E-state index contributed by atoms with van der Waals surface area (Å²) in [4.78, 5) is 18.0. The standard InChI is InChI=1S/C13H21N3O2/c1-9-12(18-8-15-9)13(17)16(3)11-6-4-10(14-2)5-7-11/h8,10-11,14H,4-7H2,1-3H3. The van der Waals surface area contributed by atoms with Crippen molar-refractivity contribution in [2.75, 3.05) is 14.1 Å². The fraction of sp³-hybridized carbons (Fsp3) is 0.692. The molecule has 0 spiro atoms. The summed E-state index contributed by atoms with van der Waals surface area (Å²) >= 11 is 0. The van der Waals surface area contributed by atoms with Crippen LogP contribution in [0.15, 0.2) is 10.8 Å². The van der Waals surface area contributed by atoms with E-state index in [0.717, 1.165) is 25.7 Å². The molecular weight excluding hydrogens is 230 g/mol. The fourth-order valence-corrected chi connectivity index (χ4v) is 2.58. The number of carbonyl (C=O) groups is 1. The van der Waals surface area contributed by atoms with Gasteiger partial charge in [0.15, 0.2) is 6.39 Å². The lowest BCUT2D eigenvalue weighted by Gasteiger charge is -2.34. The van der Waals surface area contributed by atoms with Crippen LogP contribution in [0.25, 0.3) is 0 Å². The van der Waals surface area contributed by atoms with Gasteiger partial charge in [0.1, 0.15) is 0 Å². The van der Waals surface area contributed by atoms with Crippen LogP contribution in [0.5, 0.6) is 0 Å². The maximum atomic E-state index is 12.3. The van der Waals surface area contributed by atoms with Crippen LogP contribution >= 0.6 is 0 Å². The molecule has 1 aromatic heterocycles. The van der Waals surface area contributed by atoms with Crippen molar-refractivity contribution in [3.63, 3.8) is 0 Å². The van der Waals surface area contributed by atoms with Crippen molar-refractivity contribution in [3.8, 4) is 0 Å². The fourth-order valence-electron chi connectivity index (χ4n) is 2.58. The molecule has 1 N–H and O–H groups in total. The molecule has 18 heavy (non-hydrogen) atoms. The Bertz CT molecular complexity index is 408. The first-order chi connectivity index (χ1) is 8.63. The van der Waals surface area contributed by atoms with E-state index < -0.39 is 0 Å². The first kappa shape index (κ1) is 13.1. The quantitative estimate of drug-likeness (QED) is 0.886. The number of oxazole rings is 1. The molecule has 2 rings (SSSR count). The molecule has 0 radical (unpaired) electrons. The van der Waals surface area contributed by atoms with E-state index in [2.05, 4.69) is 10.3 Å². The maximum absolute atomic E-state index is 12.3. The summed E-state index contributed by atoms with van der Waals surface area (Å²) in [5.74, 6) is 0.311. The van der Waals surface area contributed by atoms with Gasteiger partial charge in [0.05, 0.1) is 5.69 Å². The average molecular weight is 251 g/mol. The van der Waals surface area contributed by atoms with Crippen molar-refractivity contribution >= 4 is 5.91 Å². The first-order valence-corrected chi connectivity index (χ1v) is 6.48. The molecule has 1 heterocycles. The second kappa shape index (κ2) is 5.52. The van der Waals surface area contributed by atoms with E-state index in [1.807, 2.05) is 14.1 Å². The summed E-state index contributed by atoms with van der Waals surface area (Å²) in [7, 11) is 3.85. The van der Waals surface area contributed by atoms with E-state index in [0.29, 0.717) is 23.5 Å². The number of rotatable bonds is 3. The van der Waals surface area contributed by atoms with E-state index in [1.165, 1.54) is 6.39 Å². The number of hydrogen-bond donors (Lipinski definition) is 1. The van der Waals surface area contributed by atoms with E-state index in [-0.39, 0.29) is 5.91 Å². The van der Waals surface area contributed by atoms with Gasteiger partial charge in [-0.15, -0.1) is 0 Å². The van der Waals surface area contributed by atoms with Crippen molar-refractivity contribution < 1.29 is 9.21 Å². The third-order valence-corrected chi connectivity index (χ3v) is 3.91. The van der Waals surface area contributed by atoms with Gasteiger partial charge in [-0.1, -0.05) is 0 Å².